The van der Waals surface area contributed by atoms with E-state index >= 15 is 0 Å². The Hall–Kier alpha value is -2.64. The summed E-state index contributed by atoms with van der Waals surface area (Å²) in [6.07, 6.45) is 0. The Morgan fingerprint density at radius 1 is 1.03 bits per heavy atom. The Kier molecular flexibility index (Phi) is 6.50. The predicted octanol–water partition coefficient (Wildman–Crippen LogP) is 3.87. The third kappa shape index (κ3) is 5.09. The number of carbonyl (C=O) groups excluding carboxylic acids is 1. The van der Waals surface area contributed by atoms with Crippen LogP contribution in [0.3, 0.4) is 0 Å². The lowest BCUT2D eigenvalue weighted by atomic mass is 10.1. The molecular weight excluding hydrogens is 396 g/mol. The first-order valence-corrected chi connectivity index (χ1v) is 11.1. The molecule has 3 aromatic rings. The first-order valence-electron chi connectivity index (χ1n) is 10.2. The van der Waals surface area contributed by atoms with Crippen LogP contribution in [0.25, 0.3) is 11.5 Å². The Balaban J connectivity index is 1.29. The van der Waals surface area contributed by atoms with Gasteiger partial charge in [0.2, 0.25) is 11.8 Å². The van der Waals surface area contributed by atoms with Gasteiger partial charge in [0.15, 0.2) is 0 Å². The van der Waals surface area contributed by atoms with E-state index in [1.807, 2.05) is 49.1 Å². The van der Waals surface area contributed by atoms with E-state index in [-0.39, 0.29) is 11.2 Å². The minimum atomic E-state index is -0.267. The lowest BCUT2D eigenvalue weighted by Gasteiger charge is -2.35. The smallest absolute Gasteiger partial charge is 0.277 e. The van der Waals surface area contributed by atoms with Crippen LogP contribution in [0.15, 0.2) is 64.2 Å². The summed E-state index contributed by atoms with van der Waals surface area (Å²) in [6.45, 7) is 8.13. The van der Waals surface area contributed by atoms with Gasteiger partial charge in [0.1, 0.15) is 0 Å². The van der Waals surface area contributed by atoms with Crippen molar-refractivity contribution in [1.82, 2.24) is 20.0 Å². The van der Waals surface area contributed by atoms with Gasteiger partial charge in [-0.05, 0) is 31.5 Å². The Morgan fingerprint density at radius 2 is 1.73 bits per heavy atom. The van der Waals surface area contributed by atoms with Gasteiger partial charge in [-0.3, -0.25) is 9.69 Å². The van der Waals surface area contributed by atoms with Crippen LogP contribution in [-0.4, -0.2) is 57.3 Å². The van der Waals surface area contributed by atoms with E-state index in [1.54, 1.807) is 0 Å². The molecule has 1 aliphatic heterocycles. The summed E-state index contributed by atoms with van der Waals surface area (Å²) in [5, 5.41) is 8.39. The Morgan fingerprint density at radius 3 is 2.43 bits per heavy atom. The van der Waals surface area contributed by atoms with E-state index in [0.29, 0.717) is 11.1 Å². The van der Waals surface area contributed by atoms with Gasteiger partial charge in [-0.15, -0.1) is 10.2 Å². The molecule has 2 aromatic carbocycles. The number of aromatic nitrogens is 2. The molecule has 0 radical (unpaired) electrons. The Bertz CT molecular complexity index is 966. The van der Waals surface area contributed by atoms with E-state index in [1.165, 1.54) is 22.9 Å². The van der Waals surface area contributed by atoms with Crippen molar-refractivity contribution >= 4 is 17.7 Å². The van der Waals surface area contributed by atoms with E-state index in [2.05, 4.69) is 39.4 Å². The number of amides is 1. The lowest BCUT2D eigenvalue weighted by molar-refractivity contribution is -0.132. The van der Waals surface area contributed by atoms with Crippen molar-refractivity contribution in [3.63, 3.8) is 0 Å². The van der Waals surface area contributed by atoms with Gasteiger partial charge in [-0.2, -0.15) is 0 Å². The minimum Gasteiger partial charge on any atom is -0.411 e. The van der Waals surface area contributed by atoms with Crippen molar-refractivity contribution in [2.45, 2.75) is 30.9 Å². The van der Waals surface area contributed by atoms with Crippen LogP contribution in [0.5, 0.6) is 0 Å². The van der Waals surface area contributed by atoms with Crippen LogP contribution in [0.4, 0.5) is 0 Å². The standard InChI is InChI=1S/C23H26N4O2S/c1-17-8-10-20(11-9-17)21-24-25-23(29-21)30-18(2)22(28)27-14-12-26(13-15-27)16-19-6-4-3-5-7-19/h3-11,18H,12-16H2,1-2H3/t18-/m0/s1. The highest BCUT2D eigenvalue weighted by atomic mass is 32.2. The molecule has 2 heterocycles. The maximum absolute atomic E-state index is 12.9. The molecule has 7 heteroatoms. The van der Waals surface area contributed by atoms with Crippen LogP contribution < -0.4 is 0 Å². The van der Waals surface area contributed by atoms with Crippen LogP contribution in [0, 0.1) is 6.92 Å². The average Bonchev–Trinajstić information content (AvgIpc) is 3.23. The van der Waals surface area contributed by atoms with E-state index < -0.39 is 0 Å². The summed E-state index contributed by atoms with van der Waals surface area (Å²) in [7, 11) is 0. The molecule has 0 bridgehead atoms. The molecule has 0 spiro atoms. The van der Waals surface area contributed by atoms with Crippen LogP contribution in [-0.2, 0) is 11.3 Å². The van der Waals surface area contributed by atoms with Crippen molar-refractivity contribution in [2.24, 2.45) is 0 Å². The largest absolute Gasteiger partial charge is 0.411 e. The topological polar surface area (TPSA) is 62.5 Å². The molecule has 0 unspecified atom stereocenters. The fraction of sp³-hybridized carbons (Fsp3) is 0.348. The molecule has 0 aliphatic carbocycles. The van der Waals surface area contributed by atoms with Gasteiger partial charge in [-0.25, -0.2) is 0 Å². The fourth-order valence-electron chi connectivity index (χ4n) is 3.50. The quantitative estimate of drug-likeness (QED) is 0.562. The number of hydrogen-bond donors (Lipinski definition) is 0. The summed E-state index contributed by atoms with van der Waals surface area (Å²) >= 11 is 1.32. The summed E-state index contributed by atoms with van der Waals surface area (Å²) < 4.78 is 5.76. The van der Waals surface area contributed by atoms with Crippen molar-refractivity contribution in [2.75, 3.05) is 26.2 Å². The van der Waals surface area contributed by atoms with Gasteiger partial charge in [0.25, 0.3) is 5.22 Å². The Labute approximate surface area is 181 Å². The second-order valence-electron chi connectivity index (χ2n) is 7.59. The highest BCUT2D eigenvalue weighted by Crippen LogP contribution is 2.27. The highest BCUT2D eigenvalue weighted by Gasteiger charge is 2.27. The first kappa shape index (κ1) is 20.6. The molecule has 0 N–H and O–H groups in total. The minimum absolute atomic E-state index is 0.120. The van der Waals surface area contributed by atoms with E-state index in [9.17, 15) is 4.79 Å². The zero-order valence-electron chi connectivity index (χ0n) is 17.3. The van der Waals surface area contributed by atoms with Crippen molar-refractivity contribution in [1.29, 1.82) is 0 Å². The second-order valence-corrected chi connectivity index (χ2v) is 8.88. The van der Waals surface area contributed by atoms with Gasteiger partial charge in [-0.1, -0.05) is 59.8 Å². The average molecular weight is 423 g/mol. The zero-order valence-corrected chi connectivity index (χ0v) is 18.1. The monoisotopic (exact) mass is 422 g/mol. The van der Waals surface area contributed by atoms with Gasteiger partial charge < -0.3 is 9.32 Å². The number of thioether (sulfide) groups is 1. The highest BCUT2D eigenvalue weighted by molar-refractivity contribution is 8.00. The maximum atomic E-state index is 12.9. The number of benzene rings is 2. The van der Waals surface area contributed by atoms with Crippen LogP contribution in [0.2, 0.25) is 0 Å². The summed E-state index contributed by atoms with van der Waals surface area (Å²) in [5.74, 6) is 0.598. The predicted molar refractivity (Wildman–Crippen MR) is 118 cm³/mol. The fourth-order valence-corrected chi connectivity index (χ4v) is 4.26. The number of carbonyl (C=O) groups is 1. The number of hydrogen-bond acceptors (Lipinski definition) is 6. The first-order chi connectivity index (χ1) is 14.6. The summed E-state index contributed by atoms with van der Waals surface area (Å²) in [4.78, 5) is 17.2. The second kappa shape index (κ2) is 9.45. The van der Waals surface area contributed by atoms with Crippen molar-refractivity contribution < 1.29 is 9.21 Å². The molecule has 6 nitrogen and oxygen atoms in total. The lowest BCUT2D eigenvalue weighted by Crippen LogP contribution is -2.50. The molecular formula is C23H26N4O2S. The van der Waals surface area contributed by atoms with Crippen molar-refractivity contribution in [3.8, 4) is 11.5 Å². The normalized spacial score (nSPS) is 15.9. The third-order valence-corrected chi connectivity index (χ3v) is 6.19. The van der Waals surface area contributed by atoms with Gasteiger partial charge in [0, 0.05) is 38.3 Å². The van der Waals surface area contributed by atoms with E-state index in [0.717, 1.165) is 38.3 Å². The molecule has 156 valence electrons. The van der Waals surface area contributed by atoms with Crippen molar-refractivity contribution in [3.05, 3.63) is 65.7 Å². The molecule has 0 saturated carbocycles. The summed E-state index contributed by atoms with van der Waals surface area (Å²) in [5.41, 5.74) is 3.37. The van der Waals surface area contributed by atoms with Crippen LogP contribution in [0.1, 0.15) is 18.1 Å². The zero-order chi connectivity index (χ0) is 20.9. The molecule has 1 saturated heterocycles. The molecule has 1 fully saturated rings. The maximum Gasteiger partial charge on any atom is 0.277 e. The van der Waals surface area contributed by atoms with Crippen LogP contribution >= 0.6 is 11.8 Å². The third-order valence-electron chi connectivity index (χ3n) is 5.26. The number of piperazine rings is 1. The van der Waals surface area contributed by atoms with Gasteiger partial charge in [0.05, 0.1) is 5.25 Å². The molecule has 4 rings (SSSR count). The molecule has 30 heavy (non-hydrogen) atoms. The number of aryl methyl sites for hydroxylation is 1. The number of rotatable bonds is 6. The molecule has 1 aliphatic rings. The van der Waals surface area contributed by atoms with Gasteiger partial charge >= 0.3 is 0 Å². The number of nitrogens with zero attached hydrogens (tertiary/aromatic N) is 4. The SMILES string of the molecule is Cc1ccc(-c2nnc(S[C@@H](C)C(=O)N3CCN(Cc4ccccc4)CC3)o2)cc1. The molecule has 1 amide bonds. The van der Waals surface area contributed by atoms with E-state index in [4.69, 9.17) is 4.42 Å². The summed E-state index contributed by atoms with van der Waals surface area (Å²) in [6, 6.07) is 18.4. The molecule has 1 aromatic heterocycles. The molecule has 1 atom stereocenters.